The lowest BCUT2D eigenvalue weighted by Gasteiger charge is -2.17. The molecule has 0 radical (unpaired) electrons. The van der Waals surface area contributed by atoms with E-state index in [1.54, 1.807) is 11.0 Å². The number of rotatable bonds is 4. The standard InChI is InChI=1S/C14H14FNO3/c15-12-5-3-11(9-16-7-1-2-13(16)17)10(8-12)4-6-14(18)19/h3-6,8H,1-2,7,9H2,(H,18,19). The summed E-state index contributed by atoms with van der Waals surface area (Å²) in [5.41, 5.74) is 1.23. The number of aliphatic carboxylic acids is 1. The molecule has 1 fully saturated rings. The van der Waals surface area contributed by atoms with Gasteiger partial charge in [0.1, 0.15) is 5.82 Å². The molecular formula is C14H14FNO3. The molecule has 0 bridgehead atoms. The Bertz CT molecular complexity index is 539. The van der Waals surface area contributed by atoms with Gasteiger partial charge >= 0.3 is 5.97 Å². The fourth-order valence-electron chi connectivity index (χ4n) is 2.10. The van der Waals surface area contributed by atoms with Crippen LogP contribution in [0.5, 0.6) is 0 Å². The molecule has 0 aliphatic carbocycles. The number of carboxylic acids is 1. The van der Waals surface area contributed by atoms with Crippen molar-refractivity contribution in [3.63, 3.8) is 0 Å². The number of hydrogen-bond donors (Lipinski definition) is 1. The summed E-state index contributed by atoms with van der Waals surface area (Å²) in [6, 6.07) is 4.17. The summed E-state index contributed by atoms with van der Waals surface area (Å²) in [6.45, 7) is 1.08. The molecule has 1 saturated heterocycles. The van der Waals surface area contributed by atoms with Gasteiger partial charge < -0.3 is 10.0 Å². The highest BCUT2D eigenvalue weighted by atomic mass is 19.1. The van der Waals surface area contributed by atoms with E-state index in [4.69, 9.17) is 5.11 Å². The molecule has 1 N–H and O–H groups in total. The SMILES string of the molecule is O=C(O)C=Cc1cc(F)ccc1CN1CCCC1=O. The van der Waals surface area contributed by atoms with Crippen LogP contribution in [0.15, 0.2) is 24.3 Å². The first-order valence-corrected chi connectivity index (χ1v) is 6.03. The minimum atomic E-state index is -1.09. The van der Waals surface area contributed by atoms with Crippen molar-refractivity contribution < 1.29 is 19.1 Å². The van der Waals surface area contributed by atoms with Gasteiger partial charge in [0.25, 0.3) is 0 Å². The maximum Gasteiger partial charge on any atom is 0.328 e. The van der Waals surface area contributed by atoms with Gasteiger partial charge in [0.2, 0.25) is 5.91 Å². The summed E-state index contributed by atoms with van der Waals surface area (Å²) < 4.78 is 13.2. The maximum absolute atomic E-state index is 13.2. The van der Waals surface area contributed by atoms with Crippen LogP contribution in [0.2, 0.25) is 0 Å². The molecule has 4 nitrogen and oxygen atoms in total. The largest absolute Gasteiger partial charge is 0.478 e. The number of likely N-dealkylation sites (tertiary alicyclic amines) is 1. The third-order valence-electron chi connectivity index (χ3n) is 3.05. The van der Waals surface area contributed by atoms with Crippen LogP contribution < -0.4 is 0 Å². The topological polar surface area (TPSA) is 57.6 Å². The zero-order valence-corrected chi connectivity index (χ0v) is 10.3. The van der Waals surface area contributed by atoms with Crippen molar-refractivity contribution in [2.45, 2.75) is 19.4 Å². The summed E-state index contributed by atoms with van der Waals surface area (Å²) in [5, 5.41) is 8.62. The number of amides is 1. The molecule has 19 heavy (non-hydrogen) atoms. The summed E-state index contributed by atoms with van der Waals surface area (Å²) in [5.74, 6) is -1.44. The van der Waals surface area contributed by atoms with Gasteiger partial charge in [0, 0.05) is 25.6 Å². The minimum absolute atomic E-state index is 0.0810. The lowest BCUT2D eigenvalue weighted by atomic mass is 10.1. The Morgan fingerprint density at radius 1 is 1.47 bits per heavy atom. The third kappa shape index (κ3) is 3.40. The van der Waals surface area contributed by atoms with Gasteiger partial charge in [0.15, 0.2) is 0 Å². The molecule has 1 aliphatic rings. The fraction of sp³-hybridized carbons (Fsp3) is 0.286. The predicted molar refractivity (Wildman–Crippen MR) is 67.7 cm³/mol. The van der Waals surface area contributed by atoms with Crippen LogP contribution in [-0.4, -0.2) is 28.4 Å². The van der Waals surface area contributed by atoms with E-state index in [2.05, 4.69) is 0 Å². The van der Waals surface area contributed by atoms with Crippen LogP contribution in [0.25, 0.3) is 6.08 Å². The lowest BCUT2D eigenvalue weighted by molar-refractivity contribution is -0.131. The number of hydrogen-bond acceptors (Lipinski definition) is 2. The molecule has 0 saturated carbocycles. The van der Waals surface area contributed by atoms with E-state index in [0.29, 0.717) is 25.1 Å². The first-order chi connectivity index (χ1) is 9.06. The van der Waals surface area contributed by atoms with Gasteiger partial charge in [-0.15, -0.1) is 0 Å². The molecule has 5 heteroatoms. The van der Waals surface area contributed by atoms with Crippen LogP contribution in [0.3, 0.4) is 0 Å². The smallest absolute Gasteiger partial charge is 0.328 e. The van der Waals surface area contributed by atoms with Gasteiger partial charge in [-0.05, 0) is 35.8 Å². The third-order valence-corrected chi connectivity index (χ3v) is 3.05. The molecule has 1 aliphatic heterocycles. The molecule has 100 valence electrons. The Morgan fingerprint density at radius 3 is 2.89 bits per heavy atom. The van der Waals surface area contributed by atoms with Gasteiger partial charge in [-0.2, -0.15) is 0 Å². The van der Waals surface area contributed by atoms with Crippen LogP contribution in [-0.2, 0) is 16.1 Å². The second kappa shape index (κ2) is 5.65. The number of carbonyl (C=O) groups excluding carboxylic acids is 1. The van der Waals surface area contributed by atoms with Crippen LogP contribution >= 0.6 is 0 Å². The lowest BCUT2D eigenvalue weighted by Crippen LogP contribution is -2.24. The Balaban J connectivity index is 2.23. The van der Waals surface area contributed by atoms with Gasteiger partial charge in [-0.25, -0.2) is 9.18 Å². The second-order valence-electron chi connectivity index (χ2n) is 4.43. The second-order valence-corrected chi connectivity index (χ2v) is 4.43. The number of benzene rings is 1. The Morgan fingerprint density at radius 2 is 2.26 bits per heavy atom. The Labute approximate surface area is 110 Å². The highest BCUT2D eigenvalue weighted by Gasteiger charge is 2.20. The number of carbonyl (C=O) groups is 2. The average Bonchev–Trinajstić information content (AvgIpc) is 2.75. The van der Waals surface area contributed by atoms with Gasteiger partial charge in [0.05, 0.1) is 0 Å². The summed E-state index contributed by atoms with van der Waals surface area (Å²) >= 11 is 0. The summed E-state index contributed by atoms with van der Waals surface area (Å²) in [4.78, 5) is 23.8. The monoisotopic (exact) mass is 263 g/mol. The molecule has 0 aromatic heterocycles. The molecule has 2 rings (SSSR count). The maximum atomic E-state index is 13.2. The first-order valence-electron chi connectivity index (χ1n) is 6.03. The Kier molecular flexibility index (Phi) is 3.94. The number of nitrogens with zero attached hydrogens (tertiary/aromatic N) is 1. The molecular weight excluding hydrogens is 249 g/mol. The zero-order chi connectivity index (χ0) is 13.8. The molecule has 0 spiro atoms. The van der Waals surface area contributed by atoms with E-state index >= 15 is 0 Å². The van der Waals surface area contributed by atoms with E-state index in [1.807, 2.05) is 0 Å². The fourth-order valence-corrected chi connectivity index (χ4v) is 2.10. The number of carboxylic acid groups (broad SMARTS) is 1. The summed E-state index contributed by atoms with van der Waals surface area (Å²) in [6.07, 6.45) is 3.69. The van der Waals surface area contributed by atoms with Crippen molar-refractivity contribution in [1.29, 1.82) is 0 Å². The van der Waals surface area contributed by atoms with E-state index in [0.717, 1.165) is 18.1 Å². The van der Waals surface area contributed by atoms with Crippen molar-refractivity contribution in [2.75, 3.05) is 6.54 Å². The Hall–Kier alpha value is -2.17. The molecule has 0 atom stereocenters. The van der Waals surface area contributed by atoms with Crippen molar-refractivity contribution in [2.24, 2.45) is 0 Å². The normalized spacial score (nSPS) is 15.4. The van der Waals surface area contributed by atoms with E-state index in [-0.39, 0.29) is 5.91 Å². The molecule has 1 aromatic carbocycles. The molecule has 1 aromatic rings. The molecule has 0 unspecified atom stereocenters. The molecule has 1 amide bonds. The van der Waals surface area contributed by atoms with Crippen molar-refractivity contribution in [1.82, 2.24) is 4.90 Å². The van der Waals surface area contributed by atoms with Gasteiger partial charge in [-0.3, -0.25) is 4.79 Å². The van der Waals surface area contributed by atoms with Crippen molar-refractivity contribution >= 4 is 18.0 Å². The molecule has 1 heterocycles. The van der Waals surface area contributed by atoms with Crippen LogP contribution in [0.4, 0.5) is 4.39 Å². The van der Waals surface area contributed by atoms with E-state index in [1.165, 1.54) is 18.2 Å². The first kappa shape index (κ1) is 13.3. The van der Waals surface area contributed by atoms with Crippen molar-refractivity contribution in [3.8, 4) is 0 Å². The highest BCUT2D eigenvalue weighted by molar-refractivity contribution is 5.85. The highest BCUT2D eigenvalue weighted by Crippen LogP contribution is 2.19. The van der Waals surface area contributed by atoms with Crippen LogP contribution in [0, 0.1) is 5.82 Å². The minimum Gasteiger partial charge on any atom is -0.478 e. The van der Waals surface area contributed by atoms with Gasteiger partial charge in [-0.1, -0.05) is 6.07 Å². The average molecular weight is 263 g/mol. The van der Waals surface area contributed by atoms with Crippen molar-refractivity contribution in [3.05, 3.63) is 41.2 Å². The zero-order valence-electron chi connectivity index (χ0n) is 10.3. The van der Waals surface area contributed by atoms with E-state index in [9.17, 15) is 14.0 Å². The van der Waals surface area contributed by atoms with E-state index < -0.39 is 11.8 Å². The quantitative estimate of drug-likeness (QED) is 0.846. The summed E-state index contributed by atoms with van der Waals surface area (Å²) in [7, 11) is 0. The number of halogens is 1. The predicted octanol–water partition coefficient (Wildman–Crippen LogP) is 2.05. The van der Waals surface area contributed by atoms with Crippen LogP contribution in [0.1, 0.15) is 24.0 Å².